The van der Waals surface area contributed by atoms with E-state index in [1.54, 1.807) is 30.5 Å². The minimum Gasteiger partial charge on any atom is -0.486 e. The van der Waals surface area contributed by atoms with Crippen molar-refractivity contribution in [3.63, 3.8) is 0 Å². The first-order valence-electron chi connectivity index (χ1n) is 9.64. The third kappa shape index (κ3) is 4.68. The second kappa shape index (κ2) is 8.82. The van der Waals surface area contributed by atoms with Crippen LogP contribution < -0.4 is 19.5 Å². The van der Waals surface area contributed by atoms with Crippen molar-refractivity contribution < 1.29 is 23.4 Å². The van der Waals surface area contributed by atoms with Crippen LogP contribution in [-0.4, -0.2) is 24.1 Å². The van der Waals surface area contributed by atoms with E-state index in [0.29, 0.717) is 42.9 Å². The van der Waals surface area contributed by atoms with E-state index in [4.69, 9.17) is 14.2 Å². The number of benzene rings is 2. The lowest BCUT2D eigenvalue weighted by Crippen LogP contribution is -2.27. The Morgan fingerprint density at radius 3 is 2.73 bits per heavy atom. The standard InChI is InChI=1S/C23H21FN2O4/c1-15(17-6-7-20-21(11-17)29-10-9-28-20)23(27)26-14-16-5-8-22(25-13-16)30-19-4-2-3-18(24)12-19/h2-8,11-13,15H,9-10,14H2,1H3,(H,26,27). The summed E-state index contributed by atoms with van der Waals surface area (Å²) in [6, 6.07) is 14.9. The van der Waals surface area contributed by atoms with Crippen LogP contribution in [-0.2, 0) is 11.3 Å². The largest absolute Gasteiger partial charge is 0.486 e. The highest BCUT2D eigenvalue weighted by molar-refractivity contribution is 5.83. The maximum absolute atomic E-state index is 13.2. The van der Waals surface area contributed by atoms with Gasteiger partial charge in [0.05, 0.1) is 5.92 Å². The van der Waals surface area contributed by atoms with Crippen LogP contribution >= 0.6 is 0 Å². The molecule has 2 aromatic carbocycles. The monoisotopic (exact) mass is 408 g/mol. The summed E-state index contributed by atoms with van der Waals surface area (Å²) in [6.07, 6.45) is 1.61. The molecule has 1 aliphatic rings. The van der Waals surface area contributed by atoms with Crippen LogP contribution in [0.5, 0.6) is 23.1 Å². The summed E-state index contributed by atoms with van der Waals surface area (Å²) in [5, 5.41) is 2.91. The fraction of sp³-hybridized carbons (Fsp3) is 0.217. The van der Waals surface area contributed by atoms with E-state index in [1.165, 1.54) is 12.1 Å². The number of nitrogens with zero attached hydrogens (tertiary/aromatic N) is 1. The number of hydrogen-bond acceptors (Lipinski definition) is 5. The summed E-state index contributed by atoms with van der Waals surface area (Å²) in [5.74, 6) is 1.26. The van der Waals surface area contributed by atoms with Gasteiger partial charge in [0, 0.05) is 24.9 Å². The Hall–Kier alpha value is -3.61. The molecule has 7 heteroatoms. The molecule has 1 amide bonds. The average molecular weight is 408 g/mol. The number of amides is 1. The maximum atomic E-state index is 13.2. The van der Waals surface area contributed by atoms with Crippen LogP contribution in [0.1, 0.15) is 24.0 Å². The molecule has 0 saturated carbocycles. The SMILES string of the molecule is CC(C(=O)NCc1ccc(Oc2cccc(F)c2)nc1)c1ccc2c(c1)OCCO2. The smallest absolute Gasteiger partial charge is 0.227 e. The van der Waals surface area contributed by atoms with E-state index in [0.717, 1.165) is 11.1 Å². The molecule has 0 saturated heterocycles. The molecule has 3 aromatic rings. The summed E-state index contributed by atoms with van der Waals surface area (Å²) in [5.41, 5.74) is 1.68. The van der Waals surface area contributed by atoms with Gasteiger partial charge in [-0.1, -0.05) is 18.2 Å². The van der Waals surface area contributed by atoms with E-state index in [9.17, 15) is 9.18 Å². The van der Waals surface area contributed by atoms with Gasteiger partial charge < -0.3 is 19.5 Å². The van der Waals surface area contributed by atoms with Crippen molar-refractivity contribution in [2.45, 2.75) is 19.4 Å². The summed E-state index contributed by atoms with van der Waals surface area (Å²) in [7, 11) is 0. The number of halogens is 1. The molecule has 2 heterocycles. The number of nitrogens with one attached hydrogen (secondary N) is 1. The van der Waals surface area contributed by atoms with Crippen molar-refractivity contribution >= 4 is 5.91 Å². The molecule has 154 valence electrons. The zero-order chi connectivity index (χ0) is 20.9. The van der Waals surface area contributed by atoms with Gasteiger partial charge in [-0.3, -0.25) is 4.79 Å². The van der Waals surface area contributed by atoms with Crippen molar-refractivity contribution in [1.82, 2.24) is 10.3 Å². The molecule has 1 unspecified atom stereocenters. The number of rotatable bonds is 6. The van der Waals surface area contributed by atoms with E-state index >= 15 is 0 Å². The van der Waals surface area contributed by atoms with Gasteiger partial charge in [-0.15, -0.1) is 0 Å². The maximum Gasteiger partial charge on any atom is 0.227 e. The lowest BCUT2D eigenvalue weighted by atomic mass is 9.99. The molecule has 0 radical (unpaired) electrons. The van der Waals surface area contributed by atoms with Crippen LogP contribution in [0, 0.1) is 5.82 Å². The number of carbonyl (C=O) groups is 1. The first kappa shape index (κ1) is 19.7. The third-order valence-corrected chi connectivity index (χ3v) is 4.74. The lowest BCUT2D eigenvalue weighted by Gasteiger charge is -2.20. The minimum absolute atomic E-state index is 0.105. The van der Waals surface area contributed by atoms with E-state index in [-0.39, 0.29) is 17.6 Å². The van der Waals surface area contributed by atoms with Crippen LogP contribution in [0.4, 0.5) is 4.39 Å². The first-order chi connectivity index (χ1) is 14.6. The molecular formula is C23H21FN2O4. The van der Waals surface area contributed by atoms with Gasteiger partial charge in [0.1, 0.15) is 24.8 Å². The Morgan fingerprint density at radius 2 is 1.97 bits per heavy atom. The topological polar surface area (TPSA) is 69.7 Å². The number of carbonyl (C=O) groups excluding carboxylic acids is 1. The molecule has 1 aliphatic heterocycles. The summed E-state index contributed by atoms with van der Waals surface area (Å²) in [6.45, 7) is 3.21. The average Bonchev–Trinajstić information content (AvgIpc) is 2.77. The number of aromatic nitrogens is 1. The summed E-state index contributed by atoms with van der Waals surface area (Å²) < 4.78 is 29.8. The summed E-state index contributed by atoms with van der Waals surface area (Å²) in [4.78, 5) is 16.8. The molecule has 1 aromatic heterocycles. The van der Waals surface area contributed by atoms with Gasteiger partial charge in [-0.2, -0.15) is 0 Å². The Bertz CT molecular complexity index is 1040. The molecule has 30 heavy (non-hydrogen) atoms. The second-order valence-electron chi connectivity index (χ2n) is 6.91. The Balaban J connectivity index is 1.33. The van der Waals surface area contributed by atoms with Gasteiger partial charge >= 0.3 is 0 Å². The van der Waals surface area contributed by atoms with Crippen LogP contribution in [0.3, 0.4) is 0 Å². The molecule has 1 atom stereocenters. The Morgan fingerprint density at radius 1 is 1.13 bits per heavy atom. The van der Waals surface area contributed by atoms with Crippen molar-refractivity contribution in [3.05, 3.63) is 77.7 Å². The molecule has 0 spiro atoms. The minimum atomic E-state index is -0.376. The third-order valence-electron chi connectivity index (χ3n) is 4.74. The highest BCUT2D eigenvalue weighted by Crippen LogP contribution is 2.33. The van der Waals surface area contributed by atoms with Crippen molar-refractivity contribution in [2.75, 3.05) is 13.2 Å². The number of fused-ring (bicyclic) bond motifs is 1. The van der Waals surface area contributed by atoms with Crippen molar-refractivity contribution in [1.29, 1.82) is 0 Å². The molecule has 6 nitrogen and oxygen atoms in total. The predicted octanol–water partition coefficient (Wildman–Crippen LogP) is 4.20. The normalized spacial score (nSPS) is 13.4. The zero-order valence-corrected chi connectivity index (χ0v) is 16.4. The van der Waals surface area contributed by atoms with Crippen LogP contribution in [0.25, 0.3) is 0 Å². The quantitative estimate of drug-likeness (QED) is 0.662. The number of pyridine rings is 1. The highest BCUT2D eigenvalue weighted by Gasteiger charge is 2.19. The van der Waals surface area contributed by atoms with Gasteiger partial charge in [0.25, 0.3) is 0 Å². The predicted molar refractivity (Wildman–Crippen MR) is 108 cm³/mol. The fourth-order valence-electron chi connectivity index (χ4n) is 3.05. The first-order valence-corrected chi connectivity index (χ1v) is 9.64. The second-order valence-corrected chi connectivity index (χ2v) is 6.91. The van der Waals surface area contributed by atoms with Crippen LogP contribution in [0.15, 0.2) is 60.8 Å². The number of hydrogen-bond donors (Lipinski definition) is 1. The Labute approximate surface area is 173 Å². The Kier molecular flexibility index (Phi) is 5.79. The molecule has 4 rings (SSSR count). The fourth-order valence-corrected chi connectivity index (χ4v) is 3.05. The van der Waals surface area contributed by atoms with Gasteiger partial charge in [0.15, 0.2) is 11.5 Å². The van der Waals surface area contributed by atoms with Gasteiger partial charge in [-0.25, -0.2) is 9.37 Å². The molecule has 0 aliphatic carbocycles. The van der Waals surface area contributed by atoms with Crippen LogP contribution in [0.2, 0.25) is 0 Å². The molecule has 0 fully saturated rings. The molecule has 1 N–H and O–H groups in total. The summed E-state index contributed by atoms with van der Waals surface area (Å²) >= 11 is 0. The van der Waals surface area contributed by atoms with Crippen molar-refractivity contribution in [3.8, 4) is 23.1 Å². The van der Waals surface area contributed by atoms with E-state index in [2.05, 4.69) is 10.3 Å². The zero-order valence-electron chi connectivity index (χ0n) is 16.4. The van der Waals surface area contributed by atoms with E-state index < -0.39 is 0 Å². The lowest BCUT2D eigenvalue weighted by molar-refractivity contribution is -0.122. The molecular weight excluding hydrogens is 387 g/mol. The highest BCUT2D eigenvalue weighted by atomic mass is 19.1. The van der Waals surface area contributed by atoms with Gasteiger partial charge in [-0.05, 0) is 42.3 Å². The van der Waals surface area contributed by atoms with E-state index in [1.807, 2.05) is 25.1 Å². The van der Waals surface area contributed by atoms with Crippen molar-refractivity contribution in [2.24, 2.45) is 0 Å². The van der Waals surface area contributed by atoms with Gasteiger partial charge in [0.2, 0.25) is 11.8 Å². The molecule has 0 bridgehead atoms. The number of ether oxygens (including phenoxy) is 3.